The van der Waals surface area contributed by atoms with Crippen molar-refractivity contribution in [2.24, 2.45) is 5.92 Å². The molecule has 0 bridgehead atoms. The number of nitrogens with two attached hydrogens (primary N) is 1. The highest BCUT2D eigenvalue weighted by atomic mass is 16.5. The van der Waals surface area contributed by atoms with Gasteiger partial charge < -0.3 is 20.7 Å². The van der Waals surface area contributed by atoms with Crippen molar-refractivity contribution < 1.29 is 9.53 Å². The second-order valence-electron chi connectivity index (χ2n) is 9.98. The summed E-state index contributed by atoms with van der Waals surface area (Å²) in [4.78, 5) is 25.7. The Bertz CT molecular complexity index is 1220. The normalized spacial score (nSPS) is 16.7. The summed E-state index contributed by atoms with van der Waals surface area (Å²) < 4.78 is 5.91. The summed E-state index contributed by atoms with van der Waals surface area (Å²) in [5, 5.41) is 3.50. The van der Waals surface area contributed by atoms with Crippen LogP contribution < -0.4 is 15.8 Å². The lowest BCUT2D eigenvalue weighted by molar-refractivity contribution is -0.127. The number of para-hydroxylation sites is 1. The summed E-state index contributed by atoms with van der Waals surface area (Å²) in [5.74, 6) is 3.27. The number of nitrogens with one attached hydrogen (secondary N) is 1. The van der Waals surface area contributed by atoms with Gasteiger partial charge in [-0.15, -0.1) is 0 Å². The molecule has 8 nitrogen and oxygen atoms in total. The number of rotatable bonds is 9. The number of aromatic nitrogens is 2. The Kier molecular flexibility index (Phi) is 8.50. The molecule has 0 spiro atoms. The fourth-order valence-electron chi connectivity index (χ4n) is 5.10. The van der Waals surface area contributed by atoms with Gasteiger partial charge in [0.25, 0.3) is 0 Å². The lowest BCUT2D eigenvalue weighted by atomic mass is 9.96. The Balaban J connectivity index is 1.14. The third-order valence-electron chi connectivity index (χ3n) is 7.31. The summed E-state index contributed by atoms with van der Waals surface area (Å²) in [6.45, 7) is 5.49. The van der Waals surface area contributed by atoms with Gasteiger partial charge in [-0.05, 0) is 74.5 Å². The van der Waals surface area contributed by atoms with E-state index in [4.69, 9.17) is 10.5 Å². The molecule has 2 aliphatic heterocycles. The lowest BCUT2D eigenvalue weighted by Crippen LogP contribution is -2.39. The minimum Gasteiger partial charge on any atom is -0.457 e. The Hall–Kier alpha value is -3.91. The molecule has 2 saturated heterocycles. The van der Waals surface area contributed by atoms with E-state index in [2.05, 4.69) is 20.2 Å². The Morgan fingerprint density at radius 1 is 0.974 bits per heavy atom. The second-order valence-corrected chi connectivity index (χ2v) is 9.98. The van der Waals surface area contributed by atoms with Crippen molar-refractivity contribution in [3.63, 3.8) is 0 Å². The molecule has 5 rings (SSSR count). The molecule has 0 saturated carbocycles. The van der Waals surface area contributed by atoms with E-state index in [-0.39, 0.29) is 5.91 Å². The first-order valence-electron chi connectivity index (χ1n) is 13.5. The van der Waals surface area contributed by atoms with Gasteiger partial charge >= 0.3 is 0 Å². The fraction of sp³-hybridized carbons (Fsp3) is 0.367. The Labute approximate surface area is 224 Å². The van der Waals surface area contributed by atoms with Gasteiger partial charge in [-0.2, -0.15) is 0 Å². The Morgan fingerprint density at radius 2 is 1.68 bits per heavy atom. The average Bonchev–Trinajstić information content (AvgIpc) is 3.47. The van der Waals surface area contributed by atoms with Crippen LogP contribution in [-0.4, -0.2) is 64.9 Å². The van der Waals surface area contributed by atoms with Crippen molar-refractivity contribution in [2.75, 3.05) is 50.3 Å². The maximum atomic E-state index is 12.6. The molecule has 8 heteroatoms. The molecule has 0 radical (unpaired) electrons. The van der Waals surface area contributed by atoms with Gasteiger partial charge in [0.05, 0.1) is 5.56 Å². The number of carbonyl (C=O) groups excluding carboxylic acids is 1. The van der Waals surface area contributed by atoms with Crippen LogP contribution in [0.2, 0.25) is 0 Å². The summed E-state index contributed by atoms with van der Waals surface area (Å²) in [6, 6.07) is 17.5. The van der Waals surface area contributed by atoms with E-state index in [1.54, 1.807) is 6.08 Å². The van der Waals surface area contributed by atoms with Crippen LogP contribution in [0.15, 0.2) is 73.1 Å². The largest absolute Gasteiger partial charge is 0.457 e. The number of benzene rings is 2. The van der Waals surface area contributed by atoms with Gasteiger partial charge in [0.2, 0.25) is 5.91 Å². The first-order valence-corrected chi connectivity index (χ1v) is 13.5. The Morgan fingerprint density at radius 3 is 2.42 bits per heavy atom. The summed E-state index contributed by atoms with van der Waals surface area (Å²) in [5.41, 5.74) is 7.99. The zero-order valence-corrected chi connectivity index (χ0v) is 21.8. The van der Waals surface area contributed by atoms with Gasteiger partial charge in [-0.3, -0.25) is 9.69 Å². The second kappa shape index (κ2) is 12.6. The highest BCUT2D eigenvalue weighted by molar-refractivity contribution is 5.87. The minimum atomic E-state index is 0.126. The topological polar surface area (TPSA) is 96.6 Å². The van der Waals surface area contributed by atoms with Crippen molar-refractivity contribution >= 4 is 17.5 Å². The van der Waals surface area contributed by atoms with E-state index in [0.29, 0.717) is 11.7 Å². The highest BCUT2D eigenvalue weighted by Crippen LogP contribution is 2.33. The van der Waals surface area contributed by atoms with E-state index in [1.165, 1.54) is 19.2 Å². The molecular weight excluding hydrogens is 476 g/mol. The van der Waals surface area contributed by atoms with Crippen LogP contribution in [0.4, 0.5) is 11.6 Å². The monoisotopic (exact) mass is 512 g/mol. The number of anilines is 2. The van der Waals surface area contributed by atoms with Crippen LogP contribution in [0, 0.1) is 5.92 Å². The molecular formula is C30H36N6O2. The molecule has 3 heterocycles. The number of nitrogen functional groups attached to an aromatic ring is 1. The predicted octanol–water partition coefficient (Wildman–Crippen LogP) is 4.82. The smallest absolute Gasteiger partial charge is 0.246 e. The molecule has 1 aromatic heterocycles. The predicted molar refractivity (Wildman–Crippen MR) is 151 cm³/mol. The minimum absolute atomic E-state index is 0.126. The molecule has 2 aromatic carbocycles. The SMILES string of the molecule is Nc1ncnc(NCC2CCN(C(=O)C=CCN3CCCC3)CC2)c1-c1ccc(Oc2ccccc2)cc1. The maximum absolute atomic E-state index is 12.6. The van der Waals surface area contributed by atoms with Crippen molar-refractivity contribution in [3.05, 3.63) is 73.1 Å². The molecule has 0 atom stereocenters. The average molecular weight is 513 g/mol. The first-order chi connectivity index (χ1) is 18.7. The van der Waals surface area contributed by atoms with E-state index in [0.717, 1.165) is 80.6 Å². The quantitative estimate of drug-likeness (QED) is 0.397. The first kappa shape index (κ1) is 25.7. The van der Waals surface area contributed by atoms with Crippen molar-refractivity contribution in [1.82, 2.24) is 19.8 Å². The van der Waals surface area contributed by atoms with Crippen molar-refractivity contribution in [2.45, 2.75) is 25.7 Å². The molecule has 2 fully saturated rings. The molecule has 3 N–H and O–H groups in total. The number of carbonyl (C=O) groups is 1. The van der Waals surface area contributed by atoms with Gasteiger partial charge in [0, 0.05) is 32.3 Å². The molecule has 1 amide bonds. The molecule has 198 valence electrons. The van der Waals surface area contributed by atoms with Crippen molar-refractivity contribution in [1.29, 1.82) is 0 Å². The van der Waals surface area contributed by atoms with E-state index in [1.807, 2.05) is 65.6 Å². The van der Waals surface area contributed by atoms with Crippen LogP contribution in [0.3, 0.4) is 0 Å². The summed E-state index contributed by atoms with van der Waals surface area (Å²) in [7, 11) is 0. The van der Waals surface area contributed by atoms with Crippen molar-refractivity contribution in [3.8, 4) is 22.6 Å². The number of likely N-dealkylation sites (tertiary alicyclic amines) is 2. The molecule has 0 unspecified atom stereocenters. The third-order valence-corrected chi connectivity index (χ3v) is 7.31. The number of piperidine rings is 1. The maximum Gasteiger partial charge on any atom is 0.246 e. The lowest BCUT2D eigenvalue weighted by Gasteiger charge is -2.31. The van der Waals surface area contributed by atoms with Crippen LogP contribution >= 0.6 is 0 Å². The molecule has 38 heavy (non-hydrogen) atoms. The number of amides is 1. The number of nitrogens with zero attached hydrogens (tertiary/aromatic N) is 4. The molecule has 0 aliphatic carbocycles. The standard InChI is InChI=1S/C30H36N6O2/c31-29-28(24-10-12-26(13-11-24)38-25-7-2-1-3-8-25)30(34-22-33-29)32-21-23-14-19-36(20-15-23)27(37)9-6-18-35-16-4-5-17-35/h1-3,6-13,22-23H,4-5,14-21H2,(H3,31,32,33,34). The molecule has 2 aliphatic rings. The van der Waals surface area contributed by atoms with Gasteiger partial charge in [-0.1, -0.05) is 36.4 Å². The van der Waals surface area contributed by atoms with Crippen LogP contribution in [-0.2, 0) is 4.79 Å². The zero-order chi connectivity index (χ0) is 26.2. The number of hydrogen-bond acceptors (Lipinski definition) is 7. The van der Waals surface area contributed by atoms with E-state index in [9.17, 15) is 4.79 Å². The zero-order valence-electron chi connectivity index (χ0n) is 21.8. The fourth-order valence-corrected chi connectivity index (χ4v) is 5.10. The van der Waals surface area contributed by atoms with Crippen LogP contribution in [0.1, 0.15) is 25.7 Å². The highest BCUT2D eigenvalue weighted by Gasteiger charge is 2.22. The van der Waals surface area contributed by atoms with Gasteiger partial charge in [0.1, 0.15) is 29.5 Å². The van der Waals surface area contributed by atoms with Crippen LogP contribution in [0.25, 0.3) is 11.1 Å². The van der Waals surface area contributed by atoms with Gasteiger partial charge in [0.15, 0.2) is 0 Å². The van der Waals surface area contributed by atoms with Crippen LogP contribution in [0.5, 0.6) is 11.5 Å². The number of hydrogen-bond donors (Lipinski definition) is 2. The third kappa shape index (κ3) is 6.69. The summed E-state index contributed by atoms with van der Waals surface area (Å²) in [6.07, 6.45) is 9.71. The molecule has 3 aromatic rings. The van der Waals surface area contributed by atoms with E-state index < -0.39 is 0 Å². The van der Waals surface area contributed by atoms with E-state index >= 15 is 0 Å². The van der Waals surface area contributed by atoms with Gasteiger partial charge in [-0.25, -0.2) is 9.97 Å². The summed E-state index contributed by atoms with van der Waals surface area (Å²) >= 11 is 0. The number of ether oxygens (including phenoxy) is 1.